The van der Waals surface area contributed by atoms with E-state index in [4.69, 9.17) is 9.47 Å². The first-order chi connectivity index (χ1) is 13.8. The number of carbonyl (C=O) groups is 4. The molecule has 9 nitrogen and oxygen atoms in total. The summed E-state index contributed by atoms with van der Waals surface area (Å²) in [7, 11) is 0. The van der Waals surface area contributed by atoms with Gasteiger partial charge < -0.3 is 25.4 Å². The lowest BCUT2D eigenvalue weighted by Gasteiger charge is -2.23. The second kappa shape index (κ2) is 14.1. The van der Waals surface area contributed by atoms with E-state index in [0.29, 0.717) is 45.6 Å². The third-order valence-corrected chi connectivity index (χ3v) is 4.60. The van der Waals surface area contributed by atoms with Gasteiger partial charge in [-0.05, 0) is 25.7 Å². The predicted molar refractivity (Wildman–Crippen MR) is 107 cm³/mol. The number of rotatable bonds is 1. The summed E-state index contributed by atoms with van der Waals surface area (Å²) in [6, 6.07) is -1.37. The second-order valence-corrected chi connectivity index (χ2v) is 7.52. The third-order valence-electron chi connectivity index (χ3n) is 4.60. The highest BCUT2D eigenvalue weighted by atomic mass is 16.5. The molecule has 1 heterocycles. The van der Waals surface area contributed by atoms with Gasteiger partial charge in [-0.3, -0.25) is 19.2 Å². The predicted octanol–water partition coefficient (Wildman–Crippen LogP) is 0.315. The van der Waals surface area contributed by atoms with E-state index in [0.717, 1.165) is 0 Å². The van der Waals surface area contributed by atoms with Gasteiger partial charge in [-0.15, -0.1) is 0 Å². The van der Waals surface area contributed by atoms with Crippen LogP contribution >= 0.6 is 0 Å². The van der Waals surface area contributed by atoms with Crippen molar-refractivity contribution in [1.29, 1.82) is 0 Å². The molecule has 0 bridgehead atoms. The molecule has 1 aliphatic rings. The molecule has 1 saturated heterocycles. The van der Waals surface area contributed by atoms with Crippen molar-refractivity contribution in [3.8, 4) is 0 Å². The molecule has 1 fully saturated rings. The van der Waals surface area contributed by atoms with Crippen molar-refractivity contribution >= 4 is 23.5 Å². The second-order valence-electron chi connectivity index (χ2n) is 7.52. The summed E-state index contributed by atoms with van der Waals surface area (Å²) < 4.78 is 10.7. The van der Waals surface area contributed by atoms with E-state index in [9.17, 15) is 19.2 Å². The molecule has 0 aromatic heterocycles. The summed E-state index contributed by atoms with van der Waals surface area (Å²) in [5, 5.41) is 8.17. The average Bonchev–Trinajstić information content (AvgIpc) is 2.66. The molecule has 3 amide bonds. The van der Waals surface area contributed by atoms with Crippen LogP contribution in [0.2, 0.25) is 0 Å². The topological polar surface area (TPSA) is 123 Å². The minimum Gasteiger partial charge on any atom is -0.379 e. The van der Waals surface area contributed by atoms with Crippen LogP contribution in [0.5, 0.6) is 0 Å². The fraction of sp³-hybridized carbons (Fsp3) is 0.800. The molecule has 0 aliphatic carbocycles. The SMILES string of the molecule is CC1NC(=O)C(C(C)C)NC(=O)CCOCCOCCNC(=O)CCCCC1=O. The highest BCUT2D eigenvalue weighted by molar-refractivity contribution is 5.92. The van der Waals surface area contributed by atoms with E-state index >= 15 is 0 Å². The van der Waals surface area contributed by atoms with E-state index in [1.807, 2.05) is 13.8 Å². The van der Waals surface area contributed by atoms with Crippen molar-refractivity contribution in [3.63, 3.8) is 0 Å². The monoisotopic (exact) mass is 413 g/mol. The zero-order valence-corrected chi connectivity index (χ0v) is 17.8. The maximum Gasteiger partial charge on any atom is 0.243 e. The van der Waals surface area contributed by atoms with Crippen molar-refractivity contribution in [1.82, 2.24) is 16.0 Å². The lowest BCUT2D eigenvalue weighted by Crippen LogP contribution is -2.53. The van der Waals surface area contributed by atoms with Crippen LogP contribution in [0.4, 0.5) is 0 Å². The van der Waals surface area contributed by atoms with Gasteiger partial charge in [0.25, 0.3) is 0 Å². The molecule has 166 valence electrons. The Morgan fingerprint density at radius 3 is 2.17 bits per heavy atom. The Morgan fingerprint density at radius 2 is 1.48 bits per heavy atom. The van der Waals surface area contributed by atoms with Gasteiger partial charge in [0.15, 0.2) is 5.78 Å². The smallest absolute Gasteiger partial charge is 0.243 e. The number of amides is 3. The minimum atomic E-state index is -0.723. The highest BCUT2D eigenvalue weighted by Crippen LogP contribution is 2.06. The molecule has 0 aromatic carbocycles. The maximum absolute atomic E-state index is 12.5. The molecule has 2 atom stereocenters. The minimum absolute atomic E-state index is 0.0751. The van der Waals surface area contributed by atoms with Crippen molar-refractivity contribution in [2.45, 2.75) is 65.0 Å². The maximum atomic E-state index is 12.5. The summed E-state index contributed by atoms with van der Waals surface area (Å²) in [6.45, 7) is 7.02. The van der Waals surface area contributed by atoms with Gasteiger partial charge in [-0.2, -0.15) is 0 Å². The van der Waals surface area contributed by atoms with Gasteiger partial charge in [0.1, 0.15) is 6.04 Å². The van der Waals surface area contributed by atoms with E-state index in [2.05, 4.69) is 16.0 Å². The third kappa shape index (κ3) is 10.9. The van der Waals surface area contributed by atoms with E-state index < -0.39 is 12.1 Å². The summed E-state index contributed by atoms with van der Waals surface area (Å²) in [5.41, 5.74) is 0. The van der Waals surface area contributed by atoms with E-state index in [1.165, 1.54) is 0 Å². The first-order valence-corrected chi connectivity index (χ1v) is 10.4. The molecule has 2 unspecified atom stereocenters. The Kier molecular flexibility index (Phi) is 12.1. The molecular formula is C20H35N3O6. The fourth-order valence-electron chi connectivity index (χ4n) is 2.80. The number of ketones is 1. The fourth-order valence-corrected chi connectivity index (χ4v) is 2.80. The lowest BCUT2D eigenvalue weighted by molar-refractivity contribution is -0.132. The van der Waals surface area contributed by atoms with Crippen LogP contribution in [0.15, 0.2) is 0 Å². The number of carbonyl (C=O) groups excluding carboxylic acids is 4. The quantitative estimate of drug-likeness (QED) is 0.569. The van der Waals surface area contributed by atoms with Crippen LogP contribution < -0.4 is 16.0 Å². The standard InChI is InChI=1S/C20H35N3O6/c1-14(2)19-20(27)22-15(3)16(24)6-4-5-7-17(25)21-9-11-29-13-12-28-10-8-18(26)23-19/h14-15,19H,4-13H2,1-3H3,(H,21,25)(H,22,27)(H,23,26). The Balaban J connectivity index is 2.65. The van der Waals surface area contributed by atoms with Gasteiger partial charge in [0.2, 0.25) is 17.7 Å². The molecule has 0 aromatic rings. The Bertz CT molecular complexity index is 552. The van der Waals surface area contributed by atoms with Gasteiger partial charge in [-0.25, -0.2) is 0 Å². The van der Waals surface area contributed by atoms with Crippen molar-refractivity contribution in [2.75, 3.05) is 33.0 Å². The van der Waals surface area contributed by atoms with Crippen molar-refractivity contribution < 1.29 is 28.7 Å². The van der Waals surface area contributed by atoms with Crippen LogP contribution in [0.25, 0.3) is 0 Å². The number of Topliss-reactive ketones (excluding diaryl/α,β-unsaturated/α-hetero) is 1. The molecule has 9 heteroatoms. The summed E-state index contributed by atoms with van der Waals surface area (Å²) in [6.07, 6.45) is 1.93. The van der Waals surface area contributed by atoms with E-state index in [1.54, 1.807) is 6.92 Å². The number of nitrogens with one attached hydrogen (secondary N) is 3. The Hall–Kier alpha value is -2.00. The van der Waals surface area contributed by atoms with Crippen LogP contribution in [0.3, 0.4) is 0 Å². The number of hydrogen-bond donors (Lipinski definition) is 3. The largest absolute Gasteiger partial charge is 0.379 e. The van der Waals surface area contributed by atoms with Crippen LogP contribution in [-0.4, -0.2) is 68.6 Å². The van der Waals surface area contributed by atoms with Gasteiger partial charge in [0.05, 0.1) is 32.5 Å². The first-order valence-electron chi connectivity index (χ1n) is 10.4. The zero-order valence-electron chi connectivity index (χ0n) is 17.8. The molecule has 0 saturated carbocycles. The van der Waals surface area contributed by atoms with Crippen LogP contribution in [-0.2, 0) is 28.7 Å². The van der Waals surface area contributed by atoms with Gasteiger partial charge in [-0.1, -0.05) is 13.8 Å². The molecule has 3 N–H and O–H groups in total. The van der Waals surface area contributed by atoms with Gasteiger partial charge >= 0.3 is 0 Å². The molecule has 0 spiro atoms. The molecule has 1 rings (SSSR count). The molecular weight excluding hydrogens is 378 g/mol. The van der Waals surface area contributed by atoms with Gasteiger partial charge in [0, 0.05) is 25.8 Å². The zero-order chi connectivity index (χ0) is 21.6. The summed E-state index contributed by atoms with van der Waals surface area (Å²) in [4.78, 5) is 48.7. The van der Waals surface area contributed by atoms with Crippen molar-refractivity contribution in [3.05, 3.63) is 0 Å². The summed E-state index contributed by atoms with van der Waals surface area (Å²) >= 11 is 0. The van der Waals surface area contributed by atoms with Crippen LogP contribution in [0.1, 0.15) is 52.9 Å². The Morgan fingerprint density at radius 1 is 0.828 bits per heavy atom. The number of ether oxygens (including phenoxy) is 2. The molecule has 1 aliphatic heterocycles. The molecule has 0 radical (unpaired) electrons. The number of hydrogen-bond acceptors (Lipinski definition) is 6. The first kappa shape index (κ1) is 25.0. The average molecular weight is 414 g/mol. The lowest BCUT2D eigenvalue weighted by atomic mass is 10.0. The van der Waals surface area contributed by atoms with Crippen molar-refractivity contribution in [2.24, 2.45) is 5.92 Å². The molecule has 29 heavy (non-hydrogen) atoms. The summed E-state index contributed by atoms with van der Waals surface area (Å²) in [5.74, 6) is -0.967. The van der Waals surface area contributed by atoms with Crippen LogP contribution in [0, 0.1) is 5.92 Å². The normalized spacial score (nSPS) is 25.5. The van der Waals surface area contributed by atoms with E-state index in [-0.39, 0.29) is 48.9 Å². The highest BCUT2D eigenvalue weighted by Gasteiger charge is 2.26. The Labute approximate surface area is 172 Å².